The largest absolute Gasteiger partial charge is 0.307 e. The van der Waals surface area contributed by atoms with E-state index in [-0.39, 0.29) is 0 Å². The Hall–Kier alpha value is -6.07. The lowest BCUT2D eigenvalue weighted by molar-refractivity contribution is 1.04. The first-order valence-corrected chi connectivity index (χ1v) is 14.7. The molecule has 9 aromatic rings. The maximum absolute atomic E-state index is 5.25. The minimum absolute atomic E-state index is 0.677. The molecule has 206 valence electrons. The van der Waals surface area contributed by atoms with Gasteiger partial charge in [0.1, 0.15) is 5.82 Å². The molecule has 0 unspecified atom stereocenters. The molecule has 0 N–H and O–H groups in total. The van der Waals surface area contributed by atoms with E-state index >= 15 is 0 Å². The number of hydrogen-bond donors (Lipinski definition) is 0. The quantitative estimate of drug-likeness (QED) is 0.214. The van der Waals surface area contributed by atoms with Crippen molar-refractivity contribution in [3.63, 3.8) is 0 Å². The van der Waals surface area contributed by atoms with Crippen LogP contribution in [0.5, 0.6) is 0 Å². The van der Waals surface area contributed by atoms with Gasteiger partial charge < -0.3 is 4.57 Å². The minimum Gasteiger partial charge on any atom is -0.307 e. The van der Waals surface area contributed by atoms with Crippen molar-refractivity contribution >= 4 is 43.7 Å². The predicted molar refractivity (Wildman–Crippen MR) is 179 cm³/mol. The molecule has 5 heteroatoms. The molecule has 5 aromatic carbocycles. The molecule has 44 heavy (non-hydrogen) atoms. The Labute approximate surface area is 253 Å². The fourth-order valence-corrected chi connectivity index (χ4v) is 6.43. The van der Waals surface area contributed by atoms with E-state index in [9.17, 15) is 0 Å². The third-order valence-electron chi connectivity index (χ3n) is 8.37. The number of fused-ring (bicyclic) bond motifs is 7. The van der Waals surface area contributed by atoms with Gasteiger partial charge >= 0.3 is 0 Å². The van der Waals surface area contributed by atoms with E-state index < -0.39 is 0 Å². The molecule has 0 bridgehead atoms. The van der Waals surface area contributed by atoms with Crippen molar-refractivity contribution in [3.05, 3.63) is 152 Å². The number of nitrogens with zero attached hydrogens (tertiary/aromatic N) is 5. The van der Waals surface area contributed by atoms with Crippen LogP contribution in [-0.4, -0.2) is 24.1 Å². The van der Waals surface area contributed by atoms with Crippen LogP contribution in [0.15, 0.2) is 152 Å². The number of rotatable bonds is 4. The van der Waals surface area contributed by atoms with Crippen molar-refractivity contribution in [2.75, 3.05) is 0 Å². The standard InChI is InChI=1S/C39H25N5/c1-4-14-26(15-5-1)32-24-35(42-39(41-32)27-16-6-2-7-17-27)44-34-23-13-11-21-30(34)36-38(44)37-31(25-40-36)29-20-10-12-22-33(29)43(37)28-18-8-3-9-19-28/h1-25H. The zero-order valence-corrected chi connectivity index (χ0v) is 23.7. The van der Waals surface area contributed by atoms with Gasteiger partial charge in [0.05, 0.1) is 33.3 Å². The van der Waals surface area contributed by atoms with Gasteiger partial charge in [0.2, 0.25) is 0 Å². The first kappa shape index (κ1) is 24.5. The summed E-state index contributed by atoms with van der Waals surface area (Å²) in [4.78, 5) is 15.4. The average molecular weight is 564 g/mol. The summed E-state index contributed by atoms with van der Waals surface area (Å²) in [6.07, 6.45) is 2.03. The minimum atomic E-state index is 0.677. The highest BCUT2D eigenvalue weighted by atomic mass is 15.1. The smallest absolute Gasteiger partial charge is 0.162 e. The van der Waals surface area contributed by atoms with Crippen molar-refractivity contribution in [3.8, 4) is 34.2 Å². The lowest BCUT2D eigenvalue weighted by atomic mass is 10.1. The number of aromatic nitrogens is 5. The van der Waals surface area contributed by atoms with Crippen LogP contribution < -0.4 is 0 Å². The van der Waals surface area contributed by atoms with Crippen molar-refractivity contribution in [1.29, 1.82) is 0 Å². The van der Waals surface area contributed by atoms with E-state index in [0.29, 0.717) is 5.82 Å². The van der Waals surface area contributed by atoms with Gasteiger partial charge in [-0.2, -0.15) is 0 Å². The SMILES string of the molecule is c1ccc(-c2cc(-n3c4ccccc4c4ncc5c6ccccc6n(-c6ccccc6)c5c43)nc(-c3ccccc3)n2)cc1. The third-order valence-corrected chi connectivity index (χ3v) is 8.37. The van der Waals surface area contributed by atoms with Crippen LogP contribution in [0.2, 0.25) is 0 Å². The predicted octanol–water partition coefficient (Wildman–Crippen LogP) is 9.40. The van der Waals surface area contributed by atoms with Crippen LogP contribution in [0.25, 0.3) is 77.9 Å². The second kappa shape index (κ2) is 9.75. The molecule has 0 aliphatic carbocycles. The first-order valence-electron chi connectivity index (χ1n) is 14.7. The van der Waals surface area contributed by atoms with Crippen LogP contribution >= 0.6 is 0 Å². The number of hydrogen-bond acceptors (Lipinski definition) is 3. The molecule has 0 fully saturated rings. The van der Waals surface area contributed by atoms with E-state index in [4.69, 9.17) is 15.0 Å². The Balaban J connectivity index is 1.48. The summed E-state index contributed by atoms with van der Waals surface area (Å²) < 4.78 is 4.64. The van der Waals surface area contributed by atoms with E-state index in [2.05, 4.69) is 118 Å². The summed E-state index contributed by atoms with van der Waals surface area (Å²) in [6.45, 7) is 0. The van der Waals surface area contributed by atoms with Gasteiger partial charge in [-0.15, -0.1) is 0 Å². The highest BCUT2D eigenvalue weighted by Gasteiger charge is 2.23. The van der Waals surface area contributed by atoms with Gasteiger partial charge in [0.15, 0.2) is 5.82 Å². The molecule has 0 radical (unpaired) electrons. The van der Waals surface area contributed by atoms with Crippen LogP contribution in [0.4, 0.5) is 0 Å². The lowest BCUT2D eigenvalue weighted by Gasteiger charge is -2.14. The summed E-state index contributed by atoms with van der Waals surface area (Å²) in [5, 5.41) is 3.34. The Kier molecular flexibility index (Phi) is 5.43. The van der Waals surface area contributed by atoms with Gasteiger partial charge in [-0.3, -0.25) is 9.55 Å². The Morgan fingerprint density at radius 2 is 1.05 bits per heavy atom. The van der Waals surface area contributed by atoms with Crippen LogP contribution in [0, 0.1) is 0 Å². The molecule has 4 aromatic heterocycles. The molecule has 0 amide bonds. The summed E-state index contributed by atoms with van der Waals surface area (Å²) in [5.41, 5.74) is 9.20. The van der Waals surface area contributed by atoms with Crippen molar-refractivity contribution < 1.29 is 0 Å². The normalized spacial score (nSPS) is 11.6. The lowest BCUT2D eigenvalue weighted by Crippen LogP contribution is -2.04. The highest BCUT2D eigenvalue weighted by Crippen LogP contribution is 2.40. The van der Waals surface area contributed by atoms with Crippen LogP contribution in [0.1, 0.15) is 0 Å². The fraction of sp³-hybridized carbons (Fsp3) is 0. The molecule has 0 aliphatic rings. The maximum atomic E-state index is 5.25. The molecule has 5 nitrogen and oxygen atoms in total. The fourth-order valence-electron chi connectivity index (χ4n) is 6.43. The molecule has 0 spiro atoms. The highest BCUT2D eigenvalue weighted by molar-refractivity contribution is 6.22. The third kappa shape index (κ3) is 3.69. The van der Waals surface area contributed by atoms with Crippen LogP contribution in [0.3, 0.4) is 0 Å². The van der Waals surface area contributed by atoms with Crippen LogP contribution in [-0.2, 0) is 0 Å². The summed E-state index contributed by atoms with van der Waals surface area (Å²) >= 11 is 0. The van der Waals surface area contributed by atoms with Crippen molar-refractivity contribution in [2.24, 2.45) is 0 Å². The number of para-hydroxylation sites is 3. The average Bonchev–Trinajstić information content (AvgIpc) is 3.62. The summed E-state index contributed by atoms with van der Waals surface area (Å²) in [6, 6.07) is 50.2. The van der Waals surface area contributed by atoms with Gasteiger partial charge in [-0.1, -0.05) is 115 Å². The molecule has 0 saturated carbocycles. The zero-order valence-electron chi connectivity index (χ0n) is 23.7. The molecule has 0 atom stereocenters. The monoisotopic (exact) mass is 563 g/mol. The molecule has 0 saturated heterocycles. The maximum Gasteiger partial charge on any atom is 0.162 e. The first-order chi connectivity index (χ1) is 21.8. The number of pyridine rings is 1. The number of benzene rings is 5. The second-order valence-electron chi connectivity index (χ2n) is 10.9. The topological polar surface area (TPSA) is 48.5 Å². The summed E-state index contributed by atoms with van der Waals surface area (Å²) in [7, 11) is 0. The Morgan fingerprint density at radius 1 is 0.455 bits per heavy atom. The van der Waals surface area contributed by atoms with E-state index in [1.54, 1.807) is 0 Å². The van der Waals surface area contributed by atoms with E-state index in [1.807, 2.05) is 42.6 Å². The van der Waals surface area contributed by atoms with Crippen molar-refractivity contribution in [2.45, 2.75) is 0 Å². The van der Waals surface area contributed by atoms with Gasteiger partial charge in [0, 0.05) is 45.2 Å². The zero-order chi connectivity index (χ0) is 29.0. The molecular formula is C39H25N5. The molecule has 4 heterocycles. The Morgan fingerprint density at radius 3 is 1.77 bits per heavy atom. The summed E-state index contributed by atoms with van der Waals surface area (Å²) in [5.74, 6) is 1.47. The van der Waals surface area contributed by atoms with E-state index in [1.165, 1.54) is 0 Å². The molecular weight excluding hydrogens is 538 g/mol. The second-order valence-corrected chi connectivity index (χ2v) is 10.9. The van der Waals surface area contributed by atoms with Gasteiger partial charge in [0.25, 0.3) is 0 Å². The van der Waals surface area contributed by atoms with Gasteiger partial charge in [-0.25, -0.2) is 9.97 Å². The molecule has 0 aliphatic heterocycles. The molecule has 9 rings (SSSR count). The Bertz CT molecular complexity index is 2420. The van der Waals surface area contributed by atoms with Crippen molar-refractivity contribution in [1.82, 2.24) is 24.1 Å². The van der Waals surface area contributed by atoms with Gasteiger partial charge in [-0.05, 0) is 24.3 Å². The van der Waals surface area contributed by atoms with E-state index in [0.717, 1.165) is 72.1 Å².